The molecule has 0 rings (SSSR count). The molecule has 29 nitrogen and oxygen atoms in total. The van der Waals surface area contributed by atoms with Gasteiger partial charge in [-0.3, -0.25) is 41.3 Å². The van der Waals surface area contributed by atoms with E-state index in [1.807, 2.05) is 0 Å². The van der Waals surface area contributed by atoms with Crippen LogP contribution in [0, 0.1) is 0 Å². The standard InChI is InChI=1S/C13H37N3O26P8/c1-4-6-14(10(43(19,20)21)44(22,23)24)12(47(31,32)33,48(34,35)36)16(8(3)9(17)18)13(49(37,38)39,50(40,41)42)15(7-5-2)11(45(25,26)27)46(28,29)30/h8,10-11H,4-7H2,1-3H3,(H,17,18)(H2,19,20,21)(H2,22,23,24)(H2,25,26,27)(H2,28,29,30)(H2,31,32,33)(H2,34,35,36)(H2,37,38,39)(H2,40,41,42)/t8-/m0/s1. The van der Waals surface area contributed by atoms with Gasteiger partial charge in [0.05, 0.1) is 0 Å². The van der Waals surface area contributed by atoms with Gasteiger partial charge in [0.1, 0.15) is 6.04 Å². The quantitative estimate of drug-likeness (QED) is 0.0440. The van der Waals surface area contributed by atoms with Crippen molar-refractivity contribution in [3.05, 3.63) is 0 Å². The Morgan fingerprint density at radius 3 is 0.820 bits per heavy atom. The van der Waals surface area contributed by atoms with Gasteiger partial charge in [-0.15, -0.1) is 0 Å². The van der Waals surface area contributed by atoms with E-state index in [9.17, 15) is 125 Å². The smallest absolute Gasteiger partial charge is 0.373 e. The minimum atomic E-state index is -7.83. The first kappa shape index (κ1) is 50.5. The monoisotopic (exact) mass is 899 g/mol. The van der Waals surface area contributed by atoms with Crippen molar-refractivity contribution < 1.29 is 125 Å². The van der Waals surface area contributed by atoms with Crippen LogP contribution in [-0.2, 0) is 41.3 Å². The Bertz CT molecular complexity index is 1440. The van der Waals surface area contributed by atoms with Crippen LogP contribution < -0.4 is 0 Å². The molecular weight excluding hydrogens is 862 g/mol. The van der Waals surface area contributed by atoms with Gasteiger partial charge in [-0.05, 0) is 19.8 Å². The van der Waals surface area contributed by atoms with Crippen molar-refractivity contribution in [1.29, 1.82) is 0 Å². The first-order valence-corrected chi connectivity index (χ1v) is 25.8. The van der Waals surface area contributed by atoms with E-state index in [2.05, 4.69) is 0 Å². The third-order valence-corrected chi connectivity index (χ3v) is 21.7. The fourth-order valence-corrected chi connectivity index (χ4v) is 19.2. The van der Waals surface area contributed by atoms with Crippen molar-refractivity contribution >= 4 is 66.7 Å². The zero-order valence-corrected chi connectivity index (χ0v) is 32.4. The van der Waals surface area contributed by atoms with Gasteiger partial charge in [-0.25, -0.2) is 14.7 Å². The Labute approximate surface area is 280 Å². The van der Waals surface area contributed by atoms with Crippen LogP contribution in [-0.4, -0.2) is 145 Å². The Morgan fingerprint density at radius 1 is 0.500 bits per heavy atom. The summed E-state index contributed by atoms with van der Waals surface area (Å²) in [5, 5.41) is -1.79. The predicted molar refractivity (Wildman–Crippen MR) is 162 cm³/mol. The van der Waals surface area contributed by atoms with E-state index < -0.39 is 135 Å². The summed E-state index contributed by atoms with van der Waals surface area (Å²) in [6.45, 7) is -2.44. The number of carboxylic acids is 1. The van der Waals surface area contributed by atoms with Crippen LogP contribution in [0.5, 0.6) is 0 Å². The van der Waals surface area contributed by atoms with E-state index in [0.717, 1.165) is 13.8 Å². The number of carbonyl (C=O) groups is 1. The minimum Gasteiger partial charge on any atom is -0.480 e. The molecule has 0 aliphatic carbocycles. The minimum absolute atomic E-state index is 0.148. The summed E-state index contributed by atoms with van der Waals surface area (Å²) >= 11 is 0. The van der Waals surface area contributed by atoms with Crippen LogP contribution in [0.15, 0.2) is 0 Å². The molecule has 1 atom stereocenters. The van der Waals surface area contributed by atoms with Crippen LogP contribution in [0.4, 0.5) is 0 Å². The van der Waals surface area contributed by atoms with Gasteiger partial charge in [-0.2, -0.15) is 0 Å². The van der Waals surface area contributed by atoms with E-state index in [1.165, 1.54) is 0 Å². The second-order valence-electron chi connectivity index (χ2n) is 10.2. The summed E-state index contributed by atoms with van der Waals surface area (Å²) in [4.78, 5) is 174. The average Bonchev–Trinajstić information content (AvgIpc) is 2.76. The molecule has 0 heterocycles. The Kier molecular flexibility index (Phi) is 16.1. The highest BCUT2D eigenvalue weighted by Gasteiger charge is 2.84. The Balaban J connectivity index is 10.3. The zero-order valence-electron chi connectivity index (χ0n) is 25.3. The molecule has 0 radical (unpaired) electrons. The summed E-state index contributed by atoms with van der Waals surface area (Å²) in [5.74, 6) is -2.91. The number of hydrogen-bond donors (Lipinski definition) is 17. The lowest BCUT2D eigenvalue weighted by Gasteiger charge is -2.60. The largest absolute Gasteiger partial charge is 0.480 e. The molecule has 0 aromatic rings. The molecular formula is C13H37N3O26P8. The molecule has 0 saturated carbocycles. The van der Waals surface area contributed by atoms with Gasteiger partial charge >= 0.3 is 66.7 Å². The molecule has 0 amide bonds. The van der Waals surface area contributed by atoms with Gasteiger partial charge in [0.2, 0.25) is 11.0 Å². The van der Waals surface area contributed by atoms with Gasteiger partial charge < -0.3 is 83.4 Å². The number of nitrogens with zero attached hydrogens (tertiary/aromatic N) is 3. The molecule has 0 fully saturated rings. The first-order valence-electron chi connectivity index (χ1n) is 12.6. The van der Waals surface area contributed by atoms with E-state index >= 15 is 0 Å². The fourth-order valence-electron chi connectivity index (χ4n) is 5.12. The van der Waals surface area contributed by atoms with Gasteiger partial charge in [0, 0.05) is 13.1 Å². The molecule has 300 valence electrons. The number of aliphatic carboxylic acids is 1. The second-order valence-corrected chi connectivity index (χ2v) is 25.2. The average molecular weight is 899 g/mol. The molecule has 0 bridgehead atoms. The van der Waals surface area contributed by atoms with Crippen LogP contribution in [0.3, 0.4) is 0 Å². The summed E-state index contributed by atoms with van der Waals surface area (Å²) < 4.78 is 105. The number of hydrogen-bond acceptors (Lipinski definition) is 12. The molecule has 0 spiro atoms. The molecule has 0 aliphatic heterocycles. The van der Waals surface area contributed by atoms with Crippen molar-refractivity contribution in [2.45, 2.75) is 61.0 Å². The maximum Gasteiger partial charge on any atom is 0.373 e. The highest BCUT2D eigenvalue weighted by Crippen LogP contribution is 2.84. The maximum absolute atomic E-state index is 13.6. The van der Waals surface area contributed by atoms with Crippen molar-refractivity contribution in [2.75, 3.05) is 13.1 Å². The molecule has 0 saturated heterocycles. The SMILES string of the molecule is CCCN(C(P(=O)(O)O)P(=O)(O)O)C(N([C@@H](C)C(=O)O)C(N(CCC)C(P(=O)(O)O)P(=O)(O)O)(P(=O)(O)O)P(=O)(O)O)(P(=O)(O)O)P(=O)(O)O. The summed E-state index contributed by atoms with van der Waals surface area (Å²) in [7, 11) is -58.9. The summed E-state index contributed by atoms with van der Waals surface area (Å²) in [6, 6.07) is -3.78. The van der Waals surface area contributed by atoms with Crippen LogP contribution in [0.25, 0.3) is 0 Å². The second kappa shape index (κ2) is 16.0. The molecule has 50 heavy (non-hydrogen) atoms. The lowest BCUT2D eigenvalue weighted by atomic mass is 10.3. The van der Waals surface area contributed by atoms with E-state index in [4.69, 9.17) is 0 Å². The molecule has 0 aromatic carbocycles. The van der Waals surface area contributed by atoms with E-state index in [1.54, 1.807) is 0 Å². The first-order chi connectivity index (χ1) is 21.6. The molecule has 0 unspecified atom stereocenters. The predicted octanol–water partition coefficient (Wildman–Crippen LogP) is -2.60. The highest BCUT2D eigenvalue weighted by atomic mass is 31.3. The fraction of sp³-hybridized carbons (Fsp3) is 0.923. The topological polar surface area (TPSA) is 507 Å². The zero-order chi connectivity index (χ0) is 40.9. The maximum atomic E-state index is 13.6. The molecule has 0 aromatic heterocycles. The van der Waals surface area contributed by atoms with E-state index in [-0.39, 0.29) is 6.92 Å². The van der Waals surface area contributed by atoms with Crippen molar-refractivity contribution in [3.8, 4) is 0 Å². The Hall–Kier alpha value is 0.550. The lowest BCUT2D eigenvalue weighted by Crippen LogP contribution is -2.76. The number of rotatable bonds is 20. The molecule has 17 N–H and O–H groups in total. The van der Waals surface area contributed by atoms with E-state index in [0.29, 0.717) is 0 Å². The van der Waals surface area contributed by atoms with Crippen LogP contribution in [0.2, 0.25) is 0 Å². The van der Waals surface area contributed by atoms with Crippen molar-refractivity contribution in [2.24, 2.45) is 0 Å². The highest BCUT2D eigenvalue weighted by molar-refractivity contribution is 7.75. The van der Waals surface area contributed by atoms with Gasteiger partial charge in [0.25, 0.3) is 10.3 Å². The third kappa shape index (κ3) is 9.67. The third-order valence-electron chi connectivity index (χ3n) is 6.41. The summed E-state index contributed by atoms with van der Waals surface area (Å²) in [6.07, 6.45) is -2.09. The Morgan fingerprint density at radius 2 is 0.700 bits per heavy atom. The molecule has 0 aliphatic rings. The lowest BCUT2D eigenvalue weighted by molar-refractivity contribution is -0.152. The van der Waals surface area contributed by atoms with Gasteiger partial charge in [0.15, 0.2) is 0 Å². The summed E-state index contributed by atoms with van der Waals surface area (Å²) in [5.41, 5.74) is -8.66. The van der Waals surface area contributed by atoms with Crippen molar-refractivity contribution in [3.63, 3.8) is 0 Å². The van der Waals surface area contributed by atoms with Gasteiger partial charge in [-0.1, -0.05) is 13.8 Å². The van der Waals surface area contributed by atoms with Crippen LogP contribution in [0.1, 0.15) is 33.6 Å². The van der Waals surface area contributed by atoms with Crippen LogP contribution >= 0.6 is 60.8 Å². The molecule has 37 heteroatoms. The number of carboxylic acid groups (broad SMARTS) is 1. The van der Waals surface area contributed by atoms with Crippen molar-refractivity contribution in [1.82, 2.24) is 14.7 Å². The normalized spacial score (nSPS) is 16.2.